The van der Waals surface area contributed by atoms with Crippen molar-refractivity contribution < 1.29 is 9.90 Å². The van der Waals surface area contributed by atoms with Crippen LogP contribution in [0, 0.1) is 5.92 Å². The van der Waals surface area contributed by atoms with Gasteiger partial charge in [-0.25, -0.2) is 4.79 Å². The molecule has 0 aromatic carbocycles. The summed E-state index contributed by atoms with van der Waals surface area (Å²) < 4.78 is 0. The fourth-order valence-corrected chi connectivity index (χ4v) is 1.78. The predicted octanol–water partition coefficient (Wildman–Crippen LogP) is 2.15. The highest BCUT2D eigenvalue weighted by molar-refractivity contribution is 5.89. The van der Waals surface area contributed by atoms with Crippen LogP contribution in [0.25, 0.3) is 11.0 Å². The van der Waals surface area contributed by atoms with Crippen LogP contribution in [-0.4, -0.2) is 27.1 Å². The molecule has 5 heteroatoms. The predicted molar refractivity (Wildman–Crippen MR) is 69.4 cm³/mol. The maximum absolute atomic E-state index is 11.2. The van der Waals surface area contributed by atoms with Crippen LogP contribution < -0.4 is 5.32 Å². The van der Waals surface area contributed by atoms with E-state index in [9.17, 15) is 9.90 Å². The summed E-state index contributed by atoms with van der Waals surface area (Å²) in [6, 6.07) is 4.75. The second-order valence-corrected chi connectivity index (χ2v) is 4.43. The SMILES string of the molecule is CC(C)[C@@H](Nc1ccnc2cccnc12)C(=O)O. The lowest BCUT2D eigenvalue weighted by atomic mass is 10.0. The van der Waals surface area contributed by atoms with Crippen molar-refractivity contribution in [3.8, 4) is 0 Å². The van der Waals surface area contributed by atoms with Gasteiger partial charge in [-0.1, -0.05) is 13.8 Å². The number of aromatic nitrogens is 2. The van der Waals surface area contributed by atoms with Crippen LogP contribution in [0.3, 0.4) is 0 Å². The zero-order chi connectivity index (χ0) is 13.1. The number of anilines is 1. The number of aliphatic carboxylic acids is 1. The van der Waals surface area contributed by atoms with Gasteiger partial charge in [-0.15, -0.1) is 0 Å². The number of fused-ring (bicyclic) bond motifs is 1. The first kappa shape index (κ1) is 12.3. The molecule has 0 saturated carbocycles. The number of rotatable bonds is 4. The molecule has 5 nitrogen and oxygen atoms in total. The van der Waals surface area contributed by atoms with Crippen LogP contribution in [0.5, 0.6) is 0 Å². The van der Waals surface area contributed by atoms with E-state index >= 15 is 0 Å². The Hall–Kier alpha value is -2.17. The van der Waals surface area contributed by atoms with Crippen LogP contribution in [-0.2, 0) is 4.79 Å². The summed E-state index contributed by atoms with van der Waals surface area (Å²) in [6.07, 6.45) is 3.31. The Morgan fingerprint density at radius 1 is 1.28 bits per heavy atom. The number of carboxylic acids is 1. The minimum Gasteiger partial charge on any atom is -0.480 e. The zero-order valence-electron chi connectivity index (χ0n) is 10.3. The number of pyridine rings is 2. The first-order chi connectivity index (χ1) is 8.59. The molecule has 0 saturated heterocycles. The molecule has 1 atom stereocenters. The van der Waals surface area contributed by atoms with E-state index in [0.717, 1.165) is 5.52 Å². The number of carboxylic acid groups (broad SMARTS) is 1. The van der Waals surface area contributed by atoms with Gasteiger partial charge < -0.3 is 10.4 Å². The third-order valence-corrected chi connectivity index (χ3v) is 2.74. The lowest BCUT2D eigenvalue weighted by Gasteiger charge is -2.19. The third kappa shape index (κ3) is 2.40. The number of hydrogen-bond donors (Lipinski definition) is 2. The summed E-state index contributed by atoms with van der Waals surface area (Å²) >= 11 is 0. The number of nitrogens with zero attached hydrogens (tertiary/aromatic N) is 2. The van der Waals surface area contributed by atoms with Crippen molar-refractivity contribution in [3.05, 3.63) is 30.6 Å². The summed E-state index contributed by atoms with van der Waals surface area (Å²) in [5, 5.41) is 12.2. The Bertz CT molecular complexity index is 564. The molecular formula is C13H15N3O2. The Kier molecular flexibility index (Phi) is 3.41. The van der Waals surface area contributed by atoms with E-state index in [0.29, 0.717) is 11.2 Å². The molecule has 2 aromatic rings. The number of hydrogen-bond acceptors (Lipinski definition) is 4. The molecule has 0 aliphatic carbocycles. The maximum Gasteiger partial charge on any atom is 0.326 e. The van der Waals surface area contributed by atoms with Crippen LogP contribution >= 0.6 is 0 Å². The second-order valence-electron chi connectivity index (χ2n) is 4.43. The molecule has 0 amide bonds. The van der Waals surface area contributed by atoms with E-state index in [4.69, 9.17) is 0 Å². The van der Waals surface area contributed by atoms with Crippen molar-refractivity contribution in [2.45, 2.75) is 19.9 Å². The highest BCUT2D eigenvalue weighted by atomic mass is 16.4. The third-order valence-electron chi connectivity index (χ3n) is 2.74. The molecule has 0 radical (unpaired) electrons. The Balaban J connectivity index is 2.39. The molecule has 2 rings (SSSR count). The van der Waals surface area contributed by atoms with Crippen molar-refractivity contribution in [3.63, 3.8) is 0 Å². The molecule has 18 heavy (non-hydrogen) atoms. The molecule has 2 N–H and O–H groups in total. The van der Waals surface area contributed by atoms with E-state index in [2.05, 4.69) is 15.3 Å². The van der Waals surface area contributed by atoms with Gasteiger partial charge >= 0.3 is 5.97 Å². The molecule has 0 aliphatic heterocycles. The van der Waals surface area contributed by atoms with Gasteiger partial charge in [-0.3, -0.25) is 9.97 Å². The average molecular weight is 245 g/mol. The summed E-state index contributed by atoms with van der Waals surface area (Å²) in [5.41, 5.74) is 2.13. The summed E-state index contributed by atoms with van der Waals surface area (Å²) in [5.74, 6) is -0.889. The van der Waals surface area contributed by atoms with Gasteiger partial charge in [0.2, 0.25) is 0 Å². The standard InChI is InChI=1S/C13H15N3O2/c1-8(2)11(13(17)18)16-10-5-7-14-9-4-3-6-15-12(9)10/h3-8,11H,1-2H3,(H,14,16)(H,17,18)/t11-/m1/s1. The molecule has 0 spiro atoms. The lowest BCUT2D eigenvalue weighted by molar-refractivity contribution is -0.138. The van der Waals surface area contributed by atoms with Crippen molar-refractivity contribution in [1.29, 1.82) is 0 Å². The normalized spacial score (nSPS) is 12.6. The van der Waals surface area contributed by atoms with Gasteiger partial charge in [0.25, 0.3) is 0 Å². The highest BCUT2D eigenvalue weighted by Gasteiger charge is 2.21. The van der Waals surface area contributed by atoms with E-state index < -0.39 is 12.0 Å². The number of nitrogens with one attached hydrogen (secondary N) is 1. The summed E-state index contributed by atoms with van der Waals surface area (Å²) in [7, 11) is 0. The van der Waals surface area contributed by atoms with Crippen LogP contribution in [0.15, 0.2) is 30.6 Å². The van der Waals surface area contributed by atoms with E-state index in [-0.39, 0.29) is 5.92 Å². The quantitative estimate of drug-likeness (QED) is 0.863. The van der Waals surface area contributed by atoms with Gasteiger partial charge in [-0.05, 0) is 24.1 Å². The fourth-order valence-electron chi connectivity index (χ4n) is 1.78. The highest BCUT2D eigenvalue weighted by Crippen LogP contribution is 2.20. The molecule has 0 bridgehead atoms. The molecular weight excluding hydrogens is 230 g/mol. The van der Waals surface area contributed by atoms with Crippen molar-refractivity contribution >= 4 is 22.7 Å². The largest absolute Gasteiger partial charge is 0.480 e. The maximum atomic E-state index is 11.2. The van der Waals surface area contributed by atoms with Crippen molar-refractivity contribution in [2.24, 2.45) is 5.92 Å². The van der Waals surface area contributed by atoms with Crippen LogP contribution in [0.4, 0.5) is 5.69 Å². The van der Waals surface area contributed by atoms with Crippen LogP contribution in [0.1, 0.15) is 13.8 Å². The second kappa shape index (κ2) is 5.00. The van der Waals surface area contributed by atoms with Gasteiger partial charge in [-0.2, -0.15) is 0 Å². The minimum absolute atomic E-state index is 0.0190. The van der Waals surface area contributed by atoms with Gasteiger partial charge in [0.15, 0.2) is 0 Å². The molecule has 2 aromatic heterocycles. The summed E-state index contributed by atoms with van der Waals surface area (Å²) in [4.78, 5) is 19.6. The Morgan fingerprint density at radius 3 is 2.72 bits per heavy atom. The van der Waals surface area contributed by atoms with Gasteiger partial charge in [0.1, 0.15) is 11.6 Å². The fraction of sp³-hybridized carbons (Fsp3) is 0.308. The average Bonchev–Trinajstić information content (AvgIpc) is 2.35. The van der Waals surface area contributed by atoms with Gasteiger partial charge in [0.05, 0.1) is 11.2 Å². The Morgan fingerprint density at radius 2 is 2.06 bits per heavy atom. The minimum atomic E-state index is -0.870. The topological polar surface area (TPSA) is 75.1 Å². The first-order valence-corrected chi connectivity index (χ1v) is 5.78. The molecule has 2 heterocycles. The smallest absolute Gasteiger partial charge is 0.326 e. The Labute approximate surface area is 105 Å². The summed E-state index contributed by atoms with van der Waals surface area (Å²) in [6.45, 7) is 3.73. The molecule has 0 fully saturated rings. The van der Waals surface area contributed by atoms with Crippen molar-refractivity contribution in [2.75, 3.05) is 5.32 Å². The number of carbonyl (C=O) groups is 1. The molecule has 0 aliphatic rings. The van der Waals surface area contributed by atoms with Gasteiger partial charge in [0, 0.05) is 12.4 Å². The molecule has 94 valence electrons. The first-order valence-electron chi connectivity index (χ1n) is 5.78. The zero-order valence-corrected chi connectivity index (χ0v) is 10.3. The van der Waals surface area contributed by atoms with E-state index in [1.807, 2.05) is 19.9 Å². The molecule has 0 unspecified atom stereocenters. The lowest BCUT2D eigenvalue weighted by Crippen LogP contribution is -2.34. The van der Waals surface area contributed by atoms with E-state index in [1.54, 1.807) is 24.5 Å². The van der Waals surface area contributed by atoms with Crippen LogP contribution in [0.2, 0.25) is 0 Å². The van der Waals surface area contributed by atoms with Crippen molar-refractivity contribution in [1.82, 2.24) is 9.97 Å². The monoisotopic (exact) mass is 245 g/mol. The van der Waals surface area contributed by atoms with E-state index in [1.165, 1.54) is 0 Å².